The van der Waals surface area contributed by atoms with Crippen molar-refractivity contribution in [2.45, 2.75) is 26.1 Å². The minimum absolute atomic E-state index is 0.230. The van der Waals surface area contributed by atoms with Crippen LogP contribution in [0.2, 0.25) is 0 Å². The van der Waals surface area contributed by atoms with Crippen LogP contribution in [-0.4, -0.2) is 16.9 Å². The van der Waals surface area contributed by atoms with E-state index < -0.39 is 40.1 Å². The zero-order valence-electron chi connectivity index (χ0n) is 14.2. The van der Waals surface area contributed by atoms with Gasteiger partial charge in [0.15, 0.2) is 0 Å². The molecule has 0 aliphatic carbocycles. The topological polar surface area (TPSA) is 84.3 Å². The van der Waals surface area contributed by atoms with Gasteiger partial charge in [-0.2, -0.15) is 13.2 Å². The molecule has 0 heterocycles. The van der Waals surface area contributed by atoms with Crippen molar-refractivity contribution >= 4 is 23.0 Å². The number of alkyl halides is 3. The fourth-order valence-corrected chi connectivity index (χ4v) is 2.29. The van der Waals surface area contributed by atoms with Crippen LogP contribution < -0.4 is 10.6 Å². The van der Waals surface area contributed by atoms with Crippen molar-refractivity contribution in [3.63, 3.8) is 0 Å². The molecule has 0 aromatic heterocycles. The number of carbonyl (C=O) groups is 1. The molecule has 10 heteroatoms. The van der Waals surface area contributed by atoms with Crippen LogP contribution in [0.25, 0.3) is 0 Å². The second kappa shape index (κ2) is 7.60. The SMILES string of the molecule is Cc1cc(F)ccc1NC(=O)[C@H](C)Nc1ccc(C(F)(F)F)cc1[N+](=O)[O-]. The van der Waals surface area contributed by atoms with Crippen LogP contribution in [0.3, 0.4) is 0 Å². The average molecular weight is 385 g/mol. The third kappa shape index (κ3) is 4.93. The normalized spacial score (nSPS) is 12.4. The number of nitro groups is 1. The van der Waals surface area contributed by atoms with E-state index in [2.05, 4.69) is 10.6 Å². The highest BCUT2D eigenvalue weighted by Crippen LogP contribution is 2.35. The van der Waals surface area contributed by atoms with Crippen molar-refractivity contribution in [2.24, 2.45) is 0 Å². The molecule has 0 bridgehead atoms. The fraction of sp³-hybridized carbons (Fsp3) is 0.235. The molecule has 0 unspecified atom stereocenters. The summed E-state index contributed by atoms with van der Waals surface area (Å²) >= 11 is 0. The first-order chi connectivity index (χ1) is 12.5. The number of nitrogens with one attached hydrogen (secondary N) is 2. The maximum Gasteiger partial charge on any atom is 0.416 e. The van der Waals surface area contributed by atoms with E-state index in [1.807, 2.05) is 0 Å². The Labute approximate surface area is 151 Å². The minimum atomic E-state index is -4.73. The van der Waals surface area contributed by atoms with E-state index in [9.17, 15) is 32.5 Å². The van der Waals surface area contributed by atoms with E-state index in [1.165, 1.54) is 19.1 Å². The first-order valence-electron chi connectivity index (χ1n) is 7.68. The van der Waals surface area contributed by atoms with Gasteiger partial charge in [-0.15, -0.1) is 0 Å². The summed E-state index contributed by atoms with van der Waals surface area (Å²) in [5.41, 5.74) is -1.39. The monoisotopic (exact) mass is 385 g/mol. The lowest BCUT2D eigenvalue weighted by molar-refractivity contribution is -0.384. The highest BCUT2D eigenvalue weighted by atomic mass is 19.4. The summed E-state index contributed by atoms with van der Waals surface area (Å²) in [5.74, 6) is -1.07. The molecule has 6 nitrogen and oxygen atoms in total. The molecule has 2 aromatic carbocycles. The summed E-state index contributed by atoms with van der Waals surface area (Å²) in [6.45, 7) is 2.97. The molecule has 0 radical (unpaired) electrons. The van der Waals surface area contributed by atoms with Crippen molar-refractivity contribution in [2.75, 3.05) is 10.6 Å². The van der Waals surface area contributed by atoms with Crippen molar-refractivity contribution in [3.8, 4) is 0 Å². The Bertz CT molecular complexity index is 884. The van der Waals surface area contributed by atoms with Gasteiger partial charge in [0, 0.05) is 11.8 Å². The molecule has 0 saturated heterocycles. The molecule has 1 amide bonds. The number of aryl methyl sites for hydroxylation is 1. The number of nitro benzene ring substituents is 1. The third-order valence-corrected chi connectivity index (χ3v) is 3.73. The van der Waals surface area contributed by atoms with Gasteiger partial charge in [0.1, 0.15) is 17.5 Å². The molecule has 0 fully saturated rings. The summed E-state index contributed by atoms with van der Waals surface area (Å²) < 4.78 is 51.3. The first-order valence-corrected chi connectivity index (χ1v) is 7.68. The molecule has 0 aliphatic rings. The summed E-state index contributed by atoms with van der Waals surface area (Å²) in [7, 11) is 0. The fourth-order valence-electron chi connectivity index (χ4n) is 2.29. The highest BCUT2D eigenvalue weighted by Gasteiger charge is 2.33. The zero-order chi connectivity index (χ0) is 20.4. The maximum absolute atomic E-state index is 13.1. The molecular formula is C17H15F4N3O3. The van der Waals surface area contributed by atoms with Gasteiger partial charge >= 0.3 is 6.18 Å². The molecular weight excluding hydrogens is 370 g/mol. The lowest BCUT2D eigenvalue weighted by atomic mass is 10.1. The Hall–Kier alpha value is -3.17. The predicted octanol–water partition coefficient (Wildman–Crippen LogP) is 4.50. The van der Waals surface area contributed by atoms with E-state index in [0.717, 1.165) is 12.1 Å². The van der Waals surface area contributed by atoms with Gasteiger partial charge in [0.2, 0.25) is 5.91 Å². The van der Waals surface area contributed by atoms with Crippen molar-refractivity contribution in [1.29, 1.82) is 0 Å². The van der Waals surface area contributed by atoms with E-state index in [-0.39, 0.29) is 5.69 Å². The molecule has 0 aliphatic heterocycles. The summed E-state index contributed by atoms with van der Waals surface area (Å²) in [6.07, 6.45) is -4.73. The number of amides is 1. The van der Waals surface area contributed by atoms with Crippen LogP contribution in [0.5, 0.6) is 0 Å². The van der Waals surface area contributed by atoms with E-state index in [0.29, 0.717) is 23.4 Å². The molecule has 2 aromatic rings. The summed E-state index contributed by atoms with van der Waals surface area (Å²) in [4.78, 5) is 22.4. The molecule has 0 saturated carbocycles. The van der Waals surface area contributed by atoms with Crippen LogP contribution >= 0.6 is 0 Å². The number of halogens is 4. The van der Waals surface area contributed by atoms with Gasteiger partial charge in [-0.05, 0) is 49.7 Å². The molecule has 144 valence electrons. The number of rotatable bonds is 5. The quantitative estimate of drug-likeness (QED) is 0.451. The van der Waals surface area contributed by atoms with Crippen molar-refractivity contribution in [1.82, 2.24) is 0 Å². The Morgan fingerprint density at radius 1 is 1.15 bits per heavy atom. The van der Waals surface area contributed by atoms with Crippen LogP contribution in [-0.2, 0) is 11.0 Å². The van der Waals surface area contributed by atoms with Gasteiger partial charge in [-0.3, -0.25) is 14.9 Å². The Morgan fingerprint density at radius 2 is 1.78 bits per heavy atom. The van der Waals surface area contributed by atoms with E-state index in [1.54, 1.807) is 6.92 Å². The standard InChI is InChI=1S/C17H15F4N3O3/c1-9-7-12(18)4-6-13(9)23-16(25)10(2)22-14-5-3-11(17(19,20)21)8-15(14)24(26)27/h3-8,10,22H,1-2H3,(H,23,25)/t10-/m0/s1. The smallest absolute Gasteiger partial charge is 0.368 e. The van der Waals surface area contributed by atoms with Crippen LogP contribution in [0.15, 0.2) is 36.4 Å². The molecule has 0 spiro atoms. The number of anilines is 2. The Kier molecular flexibility index (Phi) is 5.67. The Balaban J connectivity index is 2.20. The molecule has 2 N–H and O–H groups in total. The van der Waals surface area contributed by atoms with Gasteiger partial charge in [0.05, 0.1) is 10.5 Å². The number of hydrogen-bond acceptors (Lipinski definition) is 4. The van der Waals surface area contributed by atoms with Crippen molar-refractivity contribution in [3.05, 3.63) is 63.5 Å². The number of nitrogens with zero attached hydrogens (tertiary/aromatic N) is 1. The zero-order valence-corrected chi connectivity index (χ0v) is 14.2. The second-order valence-corrected chi connectivity index (χ2v) is 5.80. The van der Waals surface area contributed by atoms with Crippen LogP contribution in [0, 0.1) is 22.9 Å². The number of carbonyl (C=O) groups excluding carboxylic acids is 1. The van der Waals surface area contributed by atoms with E-state index >= 15 is 0 Å². The maximum atomic E-state index is 13.1. The number of benzene rings is 2. The van der Waals surface area contributed by atoms with E-state index in [4.69, 9.17) is 0 Å². The van der Waals surface area contributed by atoms with Gasteiger partial charge < -0.3 is 10.6 Å². The minimum Gasteiger partial charge on any atom is -0.368 e. The molecule has 1 atom stereocenters. The van der Waals surface area contributed by atoms with Gasteiger partial charge in [-0.25, -0.2) is 4.39 Å². The Morgan fingerprint density at radius 3 is 2.33 bits per heavy atom. The first kappa shape index (κ1) is 20.1. The molecule has 2 rings (SSSR count). The summed E-state index contributed by atoms with van der Waals surface area (Å²) in [5, 5.41) is 16.1. The van der Waals surface area contributed by atoms with Crippen molar-refractivity contribution < 1.29 is 27.3 Å². The van der Waals surface area contributed by atoms with Gasteiger partial charge in [0.25, 0.3) is 5.69 Å². The lowest BCUT2D eigenvalue weighted by Crippen LogP contribution is -2.32. The predicted molar refractivity (Wildman–Crippen MR) is 90.9 cm³/mol. The van der Waals surface area contributed by atoms with Crippen LogP contribution in [0.1, 0.15) is 18.1 Å². The average Bonchev–Trinajstić information content (AvgIpc) is 2.56. The summed E-state index contributed by atoms with van der Waals surface area (Å²) in [6, 6.07) is 4.70. The second-order valence-electron chi connectivity index (χ2n) is 5.80. The highest BCUT2D eigenvalue weighted by molar-refractivity contribution is 5.97. The largest absolute Gasteiger partial charge is 0.416 e. The van der Waals surface area contributed by atoms with Gasteiger partial charge in [-0.1, -0.05) is 0 Å². The number of hydrogen-bond donors (Lipinski definition) is 2. The molecule has 27 heavy (non-hydrogen) atoms. The third-order valence-electron chi connectivity index (χ3n) is 3.73. The van der Waals surface area contributed by atoms with Crippen LogP contribution in [0.4, 0.5) is 34.6 Å². The lowest BCUT2D eigenvalue weighted by Gasteiger charge is -2.17.